The van der Waals surface area contributed by atoms with E-state index in [1.807, 2.05) is 71.9 Å². The van der Waals surface area contributed by atoms with Gasteiger partial charge in [0, 0.05) is 29.4 Å². The molecule has 5 rings (SSSR count). The Labute approximate surface area is 249 Å². The number of hydrogen-bond acceptors (Lipinski definition) is 7. The lowest BCUT2D eigenvalue weighted by Crippen LogP contribution is -2.32. The number of halogens is 1. The summed E-state index contributed by atoms with van der Waals surface area (Å²) in [5, 5.41) is 8.97. The van der Waals surface area contributed by atoms with E-state index in [4.69, 9.17) is 4.74 Å². The summed E-state index contributed by atoms with van der Waals surface area (Å²) in [6.45, 7) is 11.4. The van der Waals surface area contributed by atoms with Crippen LogP contribution in [0, 0.1) is 11.9 Å². The Bertz CT molecular complexity index is 1380. The van der Waals surface area contributed by atoms with Gasteiger partial charge in [-0.1, -0.05) is 44.2 Å². The Morgan fingerprint density at radius 1 is 0.929 bits per heavy atom. The molecule has 2 heterocycles. The molecule has 1 N–H and O–H groups in total. The fraction of sp³-hybridized carbons (Fsp3) is 0.548. The third-order valence-corrected chi connectivity index (χ3v) is 8.71. The highest BCUT2D eigenvalue weighted by Gasteiger charge is 2.35. The van der Waals surface area contributed by atoms with E-state index in [-0.39, 0.29) is 35.3 Å². The summed E-state index contributed by atoms with van der Waals surface area (Å²) in [7, 11) is -2.94. The SMILES string of the molecule is CC(C)C(=O)OC1CCCC1.CC(C)NS(=O)(=O)C1CC1.CC(C)n1nc(-c2ccccc2)c(-c2ccnc(F)c2)n1. The normalized spacial score (nSPS) is 15.3. The average Bonchev–Trinajstić information content (AvgIpc) is 3.51. The largest absolute Gasteiger partial charge is 0.462 e. The Balaban J connectivity index is 0.000000194. The number of rotatable bonds is 8. The first kappa shape index (κ1) is 33.3. The van der Waals surface area contributed by atoms with Gasteiger partial charge in [0.25, 0.3) is 0 Å². The van der Waals surface area contributed by atoms with Crippen LogP contribution in [-0.2, 0) is 19.6 Å². The molecule has 230 valence electrons. The maximum Gasteiger partial charge on any atom is 0.308 e. The summed E-state index contributed by atoms with van der Waals surface area (Å²) in [5.74, 6) is -0.543. The lowest BCUT2D eigenvalue weighted by Gasteiger charge is -2.12. The number of nitrogens with zero attached hydrogens (tertiary/aromatic N) is 4. The van der Waals surface area contributed by atoms with Crippen LogP contribution in [0.3, 0.4) is 0 Å². The highest BCUT2D eigenvalue weighted by molar-refractivity contribution is 7.90. The molecular weight excluding hydrogens is 557 g/mol. The van der Waals surface area contributed by atoms with Gasteiger partial charge in [0.05, 0.1) is 17.2 Å². The summed E-state index contributed by atoms with van der Waals surface area (Å²) in [6, 6.07) is 13.1. The molecule has 2 aromatic heterocycles. The number of carbonyl (C=O) groups excluding carboxylic acids is 1. The number of pyridine rings is 1. The second-order valence-corrected chi connectivity index (χ2v) is 13.6. The highest BCUT2D eigenvalue weighted by atomic mass is 32.2. The van der Waals surface area contributed by atoms with Crippen molar-refractivity contribution in [3.8, 4) is 22.5 Å². The van der Waals surface area contributed by atoms with E-state index in [9.17, 15) is 17.6 Å². The van der Waals surface area contributed by atoms with Crippen molar-refractivity contribution in [2.75, 3.05) is 0 Å². The Morgan fingerprint density at radius 3 is 2.02 bits per heavy atom. The Morgan fingerprint density at radius 2 is 1.52 bits per heavy atom. The third-order valence-electron chi connectivity index (χ3n) is 6.56. The summed E-state index contributed by atoms with van der Waals surface area (Å²) >= 11 is 0. The molecule has 0 radical (unpaired) electrons. The minimum absolute atomic E-state index is 0.0237. The average molecular weight is 602 g/mol. The zero-order valence-electron chi connectivity index (χ0n) is 25.5. The molecule has 2 aliphatic rings. The number of aromatic nitrogens is 4. The predicted molar refractivity (Wildman–Crippen MR) is 162 cm³/mol. The fourth-order valence-corrected chi connectivity index (χ4v) is 5.80. The molecule has 0 atom stereocenters. The number of sulfonamides is 1. The maximum atomic E-state index is 13.4. The molecule has 3 aromatic rings. The molecule has 9 nitrogen and oxygen atoms in total. The summed E-state index contributed by atoms with van der Waals surface area (Å²) < 4.78 is 43.4. The maximum absolute atomic E-state index is 13.4. The number of ether oxygens (including phenoxy) is 1. The lowest BCUT2D eigenvalue weighted by molar-refractivity contribution is -0.152. The van der Waals surface area contributed by atoms with Gasteiger partial charge in [-0.3, -0.25) is 4.79 Å². The smallest absolute Gasteiger partial charge is 0.308 e. The number of benzene rings is 1. The number of nitrogens with one attached hydrogen (secondary N) is 1. The van der Waals surface area contributed by atoms with E-state index >= 15 is 0 Å². The van der Waals surface area contributed by atoms with E-state index in [0.717, 1.165) is 36.9 Å². The van der Waals surface area contributed by atoms with Crippen molar-refractivity contribution in [2.24, 2.45) is 5.92 Å². The highest BCUT2D eigenvalue weighted by Crippen LogP contribution is 2.30. The van der Waals surface area contributed by atoms with Gasteiger partial charge in [0.1, 0.15) is 17.5 Å². The van der Waals surface area contributed by atoms with Crippen LogP contribution in [-0.4, -0.2) is 51.8 Å². The van der Waals surface area contributed by atoms with Crippen LogP contribution >= 0.6 is 0 Å². The van der Waals surface area contributed by atoms with Gasteiger partial charge in [-0.2, -0.15) is 19.4 Å². The van der Waals surface area contributed by atoms with Crippen LogP contribution in [0.2, 0.25) is 0 Å². The minimum atomic E-state index is -2.94. The minimum Gasteiger partial charge on any atom is -0.462 e. The van der Waals surface area contributed by atoms with Crippen molar-refractivity contribution in [3.05, 3.63) is 54.6 Å². The van der Waals surface area contributed by atoms with Crippen LogP contribution in [0.1, 0.15) is 86.1 Å². The van der Waals surface area contributed by atoms with Gasteiger partial charge in [0.2, 0.25) is 16.0 Å². The zero-order valence-corrected chi connectivity index (χ0v) is 26.3. The third kappa shape index (κ3) is 10.3. The zero-order chi connectivity index (χ0) is 30.9. The Hall–Kier alpha value is -3.18. The molecule has 2 fully saturated rings. The monoisotopic (exact) mass is 601 g/mol. The molecule has 0 spiro atoms. The molecule has 2 aliphatic carbocycles. The summed E-state index contributed by atoms with van der Waals surface area (Å²) in [6.07, 6.45) is 7.91. The molecule has 0 unspecified atom stereocenters. The molecule has 0 bridgehead atoms. The van der Waals surface area contributed by atoms with Gasteiger partial charge in [0.15, 0.2) is 0 Å². The first-order valence-corrected chi connectivity index (χ1v) is 16.3. The second-order valence-electron chi connectivity index (χ2n) is 11.6. The number of hydrogen-bond donors (Lipinski definition) is 1. The molecule has 11 heteroatoms. The summed E-state index contributed by atoms with van der Waals surface area (Å²) in [4.78, 5) is 16.3. The van der Waals surface area contributed by atoms with Gasteiger partial charge < -0.3 is 4.74 Å². The molecule has 0 aliphatic heterocycles. The van der Waals surface area contributed by atoms with E-state index in [1.54, 1.807) is 10.9 Å². The molecule has 0 saturated heterocycles. The molecule has 42 heavy (non-hydrogen) atoms. The van der Waals surface area contributed by atoms with Crippen molar-refractivity contribution in [1.29, 1.82) is 0 Å². The fourth-order valence-electron chi connectivity index (χ4n) is 4.20. The molecule has 0 amide bonds. The van der Waals surface area contributed by atoms with Crippen molar-refractivity contribution < 1.29 is 22.3 Å². The van der Waals surface area contributed by atoms with Crippen LogP contribution in [0.5, 0.6) is 0 Å². The number of esters is 1. The summed E-state index contributed by atoms with van der Waals surface area (Å²) in [5.41, 5.74) is 3.04. The number of carbonyl (C=O) groups is 1. The second kappa shape index (κ2) is 15.3. The first-order chi connectivity index (χ1) is 19.9. The van der Waals surface area contributed by atoms with Crippen LogP contribution < -0.4 is 4.72 Å². The van der Waals surface area contributed by atoms with Crippen LogP contribution in [0.15, 0.2) is 48.7 Å². The molecule has 1 aromatic carbocycles. The van der Waals surface area contributed by atoms with Gasteiger partial charge >= 0.3 is 5.97 Å². The van der Waals surface area contributed by atoms with Crippen molar-refractivity contribution in [3.63, 3.8) is 0 Å². The van der Waals surface area contributed by atoms with Crippen molar-refractivity contribution >= 4 is 16.0 Å². The predicted octanol–water partition coefficient (Wildman–Crippen LogP) is 6.33. The Kier molecular flexibility index (Phi) is 12.2. The van der Waals surface area contributed by atoms with Crippen LogP contribution in [0.4, 0.5) is 4.39 Å². The van der Waals surface area contributed by atoms with Gasteiger partial charge in [-0.15, -0.1) is 0 Å². The van der Waals surface area contributed by atoms with E-state index in [1.165, 1.54) is 25.1 Å². The molecule has 2 saturated carbocycles. The van der Waals surface area contributed by atoms with Crippen LogP contribution in [0.25, 0.3) is 22.5 Å². The molecular formula is C31H44FN5O4S. The lowest BCUT2D eigenvalue weighted by atomic mass is 10.1. The first-order valence-electron chi connectivity index (χ1n) is 14.7. The quantitative estimate of drug-likeness (QED) is 0.237. The van der Waals surface area contributed by atoms with E-state index in [0.29, 0.717) is 11.3 Å². The topological polar surface area (TPSA) is 116 Å². The van der Waals surface area contributed by atoms with E-state index in [2.05, 4.69) is 19.9 Å². The van der Waals surface area contributed by atoms with Crippen molar-refractivity contribution in [2.45, 2.75) is 104 Å². The van der Waals surface area contributed by atoms with Gasteiger partial charge in [-0.25, -0.2) is 18.1 Å². The van der Waals surface area contributed by atoms with E-state index < -0.39 is 16.0 Å². The van der Waals surface area contributed by atoms with Gasteiger partial charge in [-0.05, 0) is 72.3 Å². The standard InChI is InChI=1S/C16H15FN4.C9H16O2.C6H13NO2S/c1-11(2)21-19-15(12-6-4-3-5-7-12)16(20-21)13-8-9-18-14(17)10-13;1-7(2)9(10)11-8-5-3-4-6-8;1-5(2)7-10(8,9)6-3-4-6/h3-11H,1-2H3;7-8H,3-6H2,1-2H3;5-7H,3-4H2,1-2H3. The van der Waals surface area contributed by atoms with Crippen molar-refractivity contribution in [1.82, 2.24) is 24.7 Å².